The highest BCUT2D eigenvalue weighted by molar-refractivity contribution is 6.22. The second-order valence-electron chi connectivity index (χ2n) is 8.08. The van der Waals surface area contributed by atoms with Crippen molar-refractivity contribution < 1.29 is 19.1 Å². The smallest absolute Gasteiger partial charge is 0.407 e. The summed E-state index contributed by atoms with van der Waals surface area (Å²) in [6.07, 6.45) is 1.24. The van der Waals surface area contributed by atoms with Crippen molar-refractivity contribution >= 4 is 23.6 Å². The zero-order valence-corrected chi connectivity index (χ0v) is 16.1. The number of nitrogens with zero attached hydrogens (tertiary/aromatic N) is 2. The molecule has 1 N–H and O–H groups in total. The van der Waals surface area contributed by atoms with Crippen LogP contribution in [0.15, 0.2) is 30.3 Å². The zero-order chi connectivity index (χ0) is 19.6. The SMILES string of the molecule is CC(C)(C)OC(=O)NC1CCN(C2CC(=O)N(c3ccccc3)C2=O)CC1. The molecular weight excluding hydrogens is 346 g/mol. The molecule has 0 aliphatic carbocycles. The highest BCUT2D eigenvalue weighted by atomic mass is 16.6. The molecule has 27 heavy (non-hydrogen) atoms. The van der Waals surface area contributed by atoms with Gasteiger partial charge in [0.1, 0.15) is 5.60 Å². The number of ether oxygens (including phenoxy) is 1. The summed E-state index contributed by atoms with van der Waals surface area (Å²) in [5.41, 5.74) is 0.0963. The molecular formula is C20H27N3O4. The summed E-state index contributed by atoms with van der Waals surface area (Å²) in [5, 5.41) is 2.89. The van der Waals surface area contributed by atoms with Crippen molar-refractivity contribution in [1.29, 1.82) is 0 Å². The summed E-state index contributed by atoms with van der Waals surface area (Å²) in [5.74, 6) is -0.324. The Bertz CT molecular complexity index is 706. The van der Waals surface area contributed by atoms with Crippen LogP contribution in [0.25, 0.3) is 0 Å². The Labute approximate surface area is 159 Å². The minimum absolute atomic E-state index is 0.0218. The fourth-order valence-corrected chi connectivity index (χ4v) is 3.58. The molecule has 1 unspecified atom stereocenters. The Morgan fingerprint density at radius 1 is 1.11 bits per heavy atom. The lowest BCUT2D eigenvalue weighted by Crippen LogP contribution is -2.50. The van der Waals surface area contributed by atoms with Gasteiger partial charge in [0.2, 0.25) is 5.91 Å². The van der Waals surface area contributed by atoms with Gasteiger partial charge in [-0.3, -0.25) is 14.5 Å². The number of nitrogens with one attached hydrogen (secondary N) is 1. The number of imide groups is 1. The molecule has 1 aromatic carbocycles. The molecule has 2 fully saturated rings. The highest BCUT2D eigenvalue weighted by Crippen LogP contribution is 2.27. The first-order chi connectivity index (χ1) is 12.7. The number of rotatable bonds is 3. The van der Waals surface area contributed by atoms with Crippen LogP contribution >= 0.6 is 0 Å². The molecule has 146 valence electrons. The fraction of sp³-hybridized carbons (Fsp3) is 0.550. The van der Waals surface area contributed by atoms with Crippen LogP contribution in [0, 0.1) is 0 Å². The van der Waals surface area contributed by atoms with Gasteiger partial charge in [-0.2, -0.15) is 0 Å². The van der Waals surface area contributed by atoms with E-state index in [0.29, 0.717) is 18.8 Å². The number of hydrogen-bond donors (Lipinski definition) is 1. The van der Waals surface area contributed by atoms with Gasteiger partial charge in [0.25, 0.3) is 5.91 Å². The van der Waals surface area contributed by atoms with Crippen LogP contribution in [0.4, 0.5) is 10.5 Å². The monoisotopic (exact) mass is 373 g/mol. The van der Waals surface area contributed by atoms with E-state index in [9.17, 15) is 14.4 Å². The van der Waals surface area contributed by atoms with Gasteiger partial charge in [0.05, 0.1) is 18.2 Å². The van der Waals surface area contributed by atoms with E-state index in [4.69, 9.17) is 4.74 Å². The van der Waals surface area contributed by atoms with Crippen LogP contribution in [-0.2, 0) is 14.3 Å². The maximum absolute atomic E-state index is 12.8. The first kappa shape index (κ1) is 19.4. The minimum Gasteiger partial charge on any atom is -0.444 e. The molecule has 3 amide bonds. The Morgan fingerprint density at radius 3 is 2.33 bits per heavy atom. The van der Waals surface area contributed by atoms with Crippen molar-refractivity contribution in [1.82, 2.24) is 10.2 Å². The third-order valence-corrected chi connectivity index (χ3v) is 4.83. The summed E-state index contributed by atoms with van der Waals surface area (Å²) in [7, 11) is 0. The van der Waals surface area contributed by atoms with E-state index in [-0.39, 0.29) is 24.3 Å². The van der Waals surface area contributed by atoms with Gasteiger partial charge in [-0.25, -0.2) is 9.69 Å². The fourth-order valence-electron chi connectivity index (χ4n) is 3.58. The lowest BCUT2D eigenvalue weighted by Gasteiger charge is -2.35. The van der Waals surface area contributed by atoms with Crippen LogP contribution < -0.4 is 10.2 Å². The van der Waals surface area contributed by atoms with Crippen LogP contribution in [0.2, 0.25) is 0 Å². The molecule has 2 saturated heterocycles. The summed E-state index contributed by atoms with van der Waals surface area (Å²) in [6.45, 7) is 6.81. The van der Waals surface area contributed by atoms with E-state index in [1.807, 2.05) is 39.0 Å². The first-order valence-electron chi connectivity index (χ1n) is 9.40. The second-order valence-corrected chi connectivity index (χ2v) is 8.08. The molecule has 1 aromatic rings. The molecule has 0 radical (unpaired) electrons. The Morgan fingerprint density at radius 2 is 1.74 bits per heavy atom. The highest BCUT2D eigenvalue weighted by Gasteiger charge is 2.43. The van der Waals surface area contributed by atoms with E-state index in [2.05, 4.69) is 10.2 Å². The van der Waals surface area contributed by atoms with Gasteiger partial charge in [-0.05, 0) is 45.7 Å². The topological polar surface area (TPSA) is 79.0 Å². The number of alkyl carbamates (subject to hydrolysis) is 1. The van der Waals surface area contributed by atoms with E-state index in [1.165, 1.54) is 4.90 Å². The van der Waals surface area contributed by atoms with Gasteiger partial charge in [-0.1, -0.05) is 18.2 Å². The number of piperidine rings is 1. The molecule has 2 aliphatic heterocycles. The number of anilines is 1. The molecule has 0 spiro atoms. The number of benzene rings is 1. The summed E-state index contributed by atoms with van der Waals surface area (Å²) in [6, 6.07) is 8.64. The van der Waals surface area contributed by atoms with E-state index >= 15 is 0 Å². The molecule has 1 atom stereocenters. The summed E-state index contributed by atoms with van der Waals surface area (Å²) in [4.78, 5) is 40.4. The van der Waals surface area contributed by atoms with Gasteiger partial charge in [-0.15, -0.1) is 0 Å². The summed E-state index contributed by atoms with van der Waals surface area (Å²) < 4.78 is 5.29. The molecule has 2 heterocycles. The zero-order valence-electron chi connectivity index (χ0n) is 16.1. The van der Waals surface area contributed by atoms with Gasteiger partial charge in [0.15, 0.2) is 0 Å². The molecule has 0 bridgehead atoms. The van der Waals surface area contributed by atoms with E-state index in [0.717, 1.165) is 12.8 Å². The lowest BCUT2D eigenvalue weighted by molar-refractivity contribution is -0.123. The maximum Gasteiger partial charge on any atom is 0.407 e. The first-order valence-corrected chi connectivity index (χ1v) is 9.40. The van der Waals surface area contributed by atoms with Crippen LogP contribution in [0.5, 0.6) is 0 Å². The normalized spacial score (nSPS) is 22.2. The molecule has 2 aliphatic rings. The molecule has 0 saturated carbocycles. The predicted molar refractivity (Wildman–Crippen MR) is 101 cm³/mol. The standard InChI is InChI=1S/C20H27N3O4/c1-20(2,3)27-19(26)21-14-9-11-22(12-10-14)16-13-17(24)23(18(16)25)15-7-5-4-6-8-15/h4-8,14,16H,9-13H2,1-3H3,(H,21,26). The molecule has 0 aromatic heterocycles. The van der Waals surface area contributed by atoms with Crippen molar-refractivity contribution in [2.75, 3.05) is 18.0 Å². The average molecular weight is 373 g/mol. The van der Waals surface area contributed by atoms with Crippen molar-refractivity contribution in [3.8, 4) is 0 Å². The minimum atomic E-state index is -0.525. The number of likely N-dealkylation sites (tertiary alicyclic amines) is 1. The number of para-hydroxylation sites is 1. The van der Waals surface area contributed by atoms with Crippen molar-refractivity contribution in [3.05, 3.63) is 30.3 Å². The number of carbonyl (C=O) groups is 3. The van der Waals surface area contributed by atoms with Crippen molar-refractivity contribution in [2.45, 2.75) is 57.7 Å². The third-order valence-electron chi connectivity index (χ3n) is 4.83. The largest absolute Gasteiger partial charge is 0.444 e. The quantitative estimate of drug-likeness (QED) is 0.823. The van der Waals surface area contributed by atoms with E-state index < -0.39 is 17.7 Å². The molecule has 7 heteroatoms. The van der Waals surface area contributed by atoms with Crippen LogP contribution in [-0.4, -0.2) is 53.6 Å². The van der Waals surface area contributed by atoms with Crippen molar-refractivity contribution in [3.63, 3.8) is 0 Å². The number of carbonyl (C=O) groups excluding carboxylic acids is 3. The maximum atomic E-state index is 12.8. The molecule has 3 rings (SSSR count). The van der Waals surface area contributed by atoms with Gasteiger partial charge < -0.3 is 10.1 Å². The summed E-state index contributed by atoms with van der Waals surface area (Å²) >= 11 is 0. The van der Waals surface area contributed by atoms with Crippen molar-refractivity contribution in [2.24, 2.45) is 0 Å². The third kappa shape index (κ3) is 4.66. The van der Waals surface area contributed by atoms with E-state index in [1.54, 1.807) is 12.1 Å². The van der Waals surface area contributed by atoms with Gasteiger partial charge in [0, 0.05) is 19.1 Å². The average Bonchev–Trinajstić information content (AvgIpc) is 2.89. The Balaban J connectivity index is 1.55. The number of hydrogen-bond acceptors (Lipinski definition) is 5. The lowest BCUT2D eigenvalue weighted by atomic mass is 10.0. The Kier molecular flexibility index (Phi) is 5.51. The predicted octanol–water partition coefficient (Wildman–Crippen LogP) is 2.31. The Hall–Kier alpha value is -2.41. The number of amides is 3. The van der Waals surface area contributed by atoms with Crippen LogP contribution in [0.1, 0.15) is 40.0 Å². The van der Waals surface area contributed by atoms with Crippen LogP contribution in [0.3, 0.4) is 0 Å². The molecule has 7 nitrogen and oxygen atoms in total. The van der Waals surface area contributed by atoms with Gasteiger partial charge >= 0.3 is 6.09 Å². The second kappa shape index (κ2) is 7.68.